The van der Waals surface area contributed by atoms with Crippen molar-refractivity contribution in [3.05, 3.63) is 77.6 Å². The number of amides is 2. The Labute approximate surface area is 181 Å². The van der Waals surface area contributed by atoms with Gasteiger partial charge in [-0.25, -0.2) is 4.68 Å². The predicted molar refractivity (Wildman–Crippen MR) is 122 cm³/mol. The molecular weight excluding hydrogens is 396 g/mol. The van der Waals surface area contributed by atoms with Gasteiger partial charge in [0.2, 0.25) is 5.91 Å². The first-order valence-corrected chi connectivity index (χ1v) is 11.2. The third kappa shape index (κ3) is 5.51. The summed E-state index contributed by atoms with van der Waals surface area (Å²) in [6.45, 7) is 3.96. The molecule has 3 aromatic rings. The third-order valence-electron chi connectivity index (χ3n) is 4.66. The highest BCUT2D eigenvalue weighted by Crippen LogP contribution is 2.16. The Bertz CT molecular complexity index is 1000. The minimum atomic E-state index is -0.610. The van der Waals surface area contributed by atoms with Crippen molar-refractivity contribution < 1.29 is 9.59 Å². The number of carbonyl (C=O) groups is 2. The lowest BCUT2D eigenvalue weighted by Crippen LogP contribution is -2.44. The highest BCUT2D eigenvalue weighted by molar-refractivity contribution is 7.98. The largest absolute Gasteiger partial charge is 0.340 e. The maximum absolute atomic E-state index is 12.8. The lowest BCUT2D eigenvalue weighted by atomic mass is 10.1. The Morgan fingerprint density at radius 2 is 1.77 bits per heavy atom. The lowest BCUT2D eigenvalue weighted by molar-refractivity contribution is -0.118. The number of rotatable bonds is 8. The summed E-state index contributed by atoms with van der Waals surface area (Å²) >= 11 is 1.64. The van der Waals surface area contributed by atoms with E-state index in [1.54, 1.807) is 36.0 Å². The van der Waals surface area contributed by atoms with Crippen LogP contribution in [-0.2, 0) is 4.79 Å². The van der Waals surface area contributed by atoms with Crippen molar-refractivity contribution in [3.63, 3.8) is 0 Å². The SMILES string of the molecule is CSCC[C@@H](NC(=O)c1ccccc1)C(=O)Nc1ccc(-n2nc(C)cc2C)cc1. The van der Waals surface area contributed by atoms with Crippen molar-refractivity contribution in [1.29, 1.82) is 0 Å². The number of aryl methyl sites for hydroxylation is 2. The van der Waals surface area contributed by atoms with Gasteiger partial charge in [-0.3, -0.25) is 9.59 Å². The Balaban J connectivity index is 1.68. The zero-order valence-corrected chi connectivity index (χ0v) is 18.2. The molecule has 1 heterocycles. The molecule has 7 heteroatoms. The summed E-state index contributed by atoms with van der Waals surface area (Å²) in [4.78, 5) is 25.3. The molecule has 1 atom stereocenters. The standard InChI is InChI=1S/C23H26N4O2S/c1-16-15-17(2)27(26-16)20-11-9-19(10-12-20)24-23(29)21(13-14-30-3)25-22(28)18-7-5-4-6-8-18/h4-12,15,21H,13-14H2,1-3H3,(H,24,29)(H,25,28)/t21-/m1/s1. The fourth-order valence-corrected chi connectivity index (χ4v) is 3.61. The first kappa shape index (κ1) is 21.6. The second kappa shape index (κ2) is 10.1. The van der Waals surface area contributed by atoms with Gasteiger partial charge in [0.15, 0.2) is 0 Å². The number of nitrogens with one attached hydrogen (secondary N) is 2. The van der Waals surface area contributed by atoms with Gasteiger partial charge < -0.3 is 10.6 Å². The van der Waals surface area contributed by atoms with Crippen LogP contribution in [0.3, 0.4) is 0 Å². The summed E-state index contributed by atoms with van der Waals surface area (Å²) in [6.07, 6.45) is 2.53. The van der Waals surface area contributed by atoms with Crippen molar-refractivity contribution in [2.24, 2.45) is 0 Å². The average molecular weight is 423 g/mol. The first-order valence-electron chi connectivity index (χ1n) is 9.77. The van der Waals surface area contributed by atoms with E-state index in [0.717, 1.165) is 22.8 Å². The molecule has 0 spiro atoms. The number of nitrogens with zero attached hydrogens (tertiary/aromatic N) is 2. The van der Waals surface area contributed by atoms with Crippen LogP contribution in [0.4, 0.5) is 5.69 Å². The van der Waals surface area contributed by atoms with Gasteiger partial charge in [0.25, 0.3) is 5.91 Å². The minimum Gasteiger partial charge on any atom is -0.340 e. The molecule has 0 aliphatic carbocycles. The Hall–Kier alpha value is -3.06. The van der Waals surface area contributed by atoms with Crippen LogP contribution in [0.1, 0.15) is 28.2 Å². The zero-order chi connectivity index (χ0) is 21.5. The maximum Gasteiger partial charge on any atom is 0.251 e. The summed E-state index contributed by atoms with van der Waals surface area (Å²) in [7, 11) is 0. The van der Waals surface area contributed by atoms with Gasteiger partial charge in [0.1, 0.15) is 6.04 Å². The zero-order valence-electron chi connectivity index (χ0n) is 17.4. The van der Waals surface area contributed by atoms with Crippen molar-refractivity contribution in [2.45, 2.75) is 26.3 Å². The molecule has 6 nitrogen and oxygen atoms in total. The number of thioether (sulfide) groups is 1. The van der Waals surface area contributed by atoms with Crippen LogP contribution in [-0.4, -0.2) is 39.6 Å². The van der Waals surface area contributed by atoms with Crippen LogP contribution in [0, 0.1) is 13.8 Å². The molecule has 0 saturated carbocycles. The van der Waals surface area contributed by atoms with E-state index in [0.29, 0.717) is 17.7 Å². The molecule has 0 fully saturated rings. The predicted octanol–water partition coefficient (Wildman–Crippen LogP) is 3.98. The molecule has 2 amide bonds. The number of aromatic nitrogens is 2. The molecule has 2 N–H and O–H groups in total. The molecule has 156 valence electrons. The molecule has 1 aromatic heterocycles. The van der Waals surface area contributed by atoms with Crippen LogP contribution in [0.25, 0.3) is 5.69 Å². The van der Waals surface area contributed by atoms with Crippen LogP contribution in [0.15, 0.2) is 60.7 Å². The normalized spacial score (nSPS) is 11.7. The van der Waals surface area contributed by atoms with Crippen molar-refractivity contribution in [2.75, 3.05) is 17.3 Å². The van der Waals surface area contributed by atoms with E-state index in [-0.39, 0.29) is 11.8 Å². The smallest absolute Gasteiger partial charge is 0.251 e. The monoisotopic (exact) mass is 422 g/mol. The van der Waals surface area contributed by atoms with Crippen LogP contribution < -0.4 is 10.6 Å². The molecule has 2 aromatic carbocycles. The van der Waals surface area contributed by atoms with Crippen LogP contribution >= 0.6 is 11.8 Å². The van der Waals surface area contributed by atoms with E-state index in [2.05, 4.69) is 15.7 Å². The molecule has 0 bridgehead atoms. The number of hydrogen-bond donors (Lipinski definition) is 2. The summed E-state index contributed by atoms with van der Waals surface area (Å²) in [5.41, 5.74) is 4.14. The van der Waals surface area contributed by atoms with E-state index in [1.165, 1.54) is 0 Å². The molecular formula is C23H26N4O2S. The van der Waals surface area contributed by atoms with Gasteiger partial charge in [-0.15, -0.1) is 0 Å². The van der Waals surface area contributed by atoms with Crippen molar-refractivity contribution in [1.82, 2.24) is 15.1 Å². The molecule has 0 unspecified atom stereocenters. The van der Waals surface area contributed by atoms with Crippen molar-refractivity contribution in [3.8, 4) is 5.69 Å². The average Bonchev–Trinajstić information content (AvgIpc) is 3.10. The number of hydrogen-bond acceptors (Lipinski definition) is 4. The number of carbonyl (C=O) groups excluding carboxylic acids is 2. The van der Waals surface area contributed by atoms with Crippen molar-refractivity contribution >= 4 is 29.3 Å². The van der Waals surface area contributed by atoms with E-state index in [9.17, 15) is 9.59 Å². The molecule has 3 rings (SSSR count). The van der Waals surface area contributed by atoms with E-state index >= 15 is 0 Å². The highest BCUT2D eigenvalue weighted by Gasteiger charge is 2.21. The van der Waals surface area contributed by atoms with E-state index in [4.69, 9.17) is 0 Å². The van der Waals surface area contributed by atoms with Gasteiger partial charge in [-0.2, -0.15) is 16.9 Å². The third-order valence-corrected chi connectivity index (χ3v) is 5.30. The van der Waals surface area contributed by atoms with Crippen LogP contribution in [0.2, 0.25) is 0 Å². The van der Waals surface area contributed by atoms with Gasteiger partial charge >= 0.3 is 0 Å². The Kier molecular flexibility index (Phi) is 7.30. The number of benzene rings is 2. The maximum atomic E-state index is 12.8. The minimum absolute atomic E-state index is 0.229. The van der Waals surface area contributed by atoms with E-state index < -0.39 is 6.04 Å². The fourth-order valence-electron chi connectivity index (χ4n) is 3.14. The second-order valence-electron chi connectivity index (χ2n) is 7.05. The summed E-state index contributed by atoms with van der Waals surface area (Å²) in [5.74, 6) is 0.285. The number of anilines is 1. The summed E-state index contributed by atoms with van der Waals surface area (Å²) in [5, 5.41) is 10.2. The highest BCUT2D eigenvalue weighted by atomic mass is 32.2. The van der Waals surface area contributed by atoms with Gasteiger partial charge in [0.05, 0.1) is 11.4 Å². The Morgan fingerprint density at radius 1 is 1.07 bits per heavy atom. The van der Waals surface area contributed by atoms with Gasteiger partial charge in [-0.05, 0) is 74.7 Å². The first-order chi connectivity index (χ1) is 14.5. The van der Waals surface area contributed by atoms with E-state index in [1.807, 2.05) is 61.2 Å². The molecule has 0 aliphatic rings. The summed E-state index contributed by atoms with van der Waals surface area (Å²) < 4.78 is 1.86. The quantitative estimate of drug-likeness (QED) is 0.576. The van der Waals surface area contributed by atoms with Gasteiger partial charge in [-0.1, -0.05) is 18.2 Å². The summed E-state index contributed by atoms with van der Waals surface area (Å²) in [6, 6.07) is 17.8. The molecule has 0 saturated heterocycles. The fraction of sp³-hybridized carbons (Fsp3) is 0.261. The molecule has 0 aliphatic heterocycles. The topological polar surface area (TPSA) is 76.0 Å². The van der Waals surface area contributed by atoms with Crippen LogP contribution in [0.5, 0.6) is 0 Å². The lowest BCUT2D eigenvalue weighted by Gasteiger charge is -2.18. The molecule has 0 radical (unpaired) electrons. The second-order valence-corrected chi connectivity index (χ2v) is 8.03. The molecule has 30 heavy (non-hydrogen) atoms. The van der Waals surface area contributed by atoms with Gasteiger partial charge in [0, 0.05) is 16.9 Å². The Morgan fingerprint density at radius 3 is 2.37 bits per heavy atom.